The van der Waals surface area contributed by atoms with Gasteiger partial charge in [0.1, 0.15) is 12.2 Å². The summed E-state index contributed by atoms with van der Waals surface area (Å²) in [6.07, 6.45) is 9.32. The lowest BCUT2D eigenvalue weighted by molar-refractivity contribution is -0.0472. The Balaban J connectivity index is 2.18. The molecule has 0 aromatic rings. The third kappa shape index (κ3) is 3.81. The molecule has 0 spiro atoms. The second kappa shape index (κ2) is 6.93. The molecule has 1 aliphatic rings. The molecule has 2 nitrogen and oxygen atoms in total. The van der Waals surface area contributed by atoms with Gasteiger partial charge in [0.25, 0.3) is 0 Å². The zero-order chi connectivity index (χ0) is 11.9. The summed E-state index contributed by atoms with van der Waals surface area (Å²) < 4.78 is 0. The summed E-state index contributed by atoms with van der Waals surface area (Å²) >= 11 is 0. The van der Waals surface area contributed by atoms with Crippen LogP contribution in [0.15, 0.2) is 0 Å². The van der Waals surface area contributed by atoms with E-state index in [-0.39, 0.29) is 6.61 Å². The summed E-state index contributed by atoms with van der Waals surface area (Å²) in [5.74, 6) is 5.73. The van der Waals surface area contributed by atoms with Crippen LogP contribution in [0.3, 0.4) is 0 Å². The van der Waals surface area contributed by atoms with E-state index < -0.39 is 5.60 Å². The molecule has 1 fully saturated rings. The van der Waals surface area contributed by atoms with Crippen molar-refractivity contribution in [3.05, 3.63) is 0 Å². The maximum atomic E-state index is 10.1. The van der Waals surface area contributed by atoms with Crippen LogP contribution in [0.4, 0.5) is 0 Å². The molecule has 16 heavy (non-hydrogen) atoms. The highest BCUT2D eigenvalue weighted by atomic mass is 16.3. The highest BCUT2D eigenvalue weighted by molar-refractivity contribution is 5.20. The predicted molar refractivity (Wildman–Crippen MR) is 65.9 cm³/mol. The van der Waals surface area contributed by atoms with Gasteiger partial charge in [-0.15, -0.1) is 0 Å². The van der Waals surface area contributed by atoms with Crippen molar-refractivity contribution in [3.63, 3.8) is 0 Å². The van der Waals surface area contributed by atoms with Gasteiger partial charge in [0, 0.05) is 0 Å². The molecule has 1 saturated carbocycles. The van der Waals surface area contributed by atoms with E-state index in [2.05, 4.69) is 18.8 Å². The van der Waals surface area contributed by atoms with Crippen LogP contribution in [0.1, 0.15) is 58.3 Å². The molecule has 2 N–H and O–H groups in total. The maximum absolute atomic E-state index is 10.1. The minimum absolute atomic E-state index is 0.147. The minimum Gasteiger partial charge on any atom is -0.384 e. The Morgan fingerprint density at radius 1 is 1.25 bits per heavy atom. The highest BCUT2D eigenvalue weighted by Crippen LogP contribution is 2.41. The molecule has 0 heterocycles. The zero-order valence-electron chi connectivity index (χ0n) is 10.3. The number of hydrogen-bond donors (Lipinski definition) is 2. The van der Waals surface area contributed by atoms with E-state index in [4.69, 9.17) is 5.11 Å². The summed E-state index contributed by atoms with van der Waals surface area (Å²) in [5.41, 5.74) is -0.784. The standard InChI is InChI=1S/C14H24O2/c1-2-3-4-5-6-8-13-9-11-14(13,16)10-7-12-15/h13,15-16H,2-6,8-9,11-12H2,1H3/t13-,14-/m1/s1. The van der Waals surface area contributed by atoms with Crippen LogP contribution in [0, 0.1) is 17.8 Å². The molecule has 0 bridgehead atoms. The van der Waals surface area contributed by atoms with Crippen LogP contribution < -0.4 is 0 Å². The summed E-state index contributed by atoms with van der Waals surface area (Å²) in [5, 5.41) is 18.7. The second-order valence-corrected chi connectivity index (χ2v) is 4.82. The summed E-state index contributed by atoms with van der Waals surface area (Å²) in [6, 6.07) is 0. The van der Waals surface area contributed by atoms with E-state index >= 15 is 0 Å². The molecule has 0 unspecified atom stereocenters. The topological polar surface area (TPSA) is 40.5 Å². The summed E-state index contributed by atoms with van der Waals surface area (Å²) in [6.45, 7) is 2.07. The minimum atomic E-state index is -0.784. The number of aliphatic hydroxyl groups excluding tert-OH is 1. The first-order chi connectivity index (χ1) is 7.73. The number of rotatable bonds is 6. The third-order valence-electron chi connectivity index (χ3n) is 3.59. The van der Waals surface area contributed by atoms with Gasteiger partial charge in [0.2, 0.25) is 0 Å². The van der Waals surface area contributed by atoms with Gasteiger partial charge in [-0.05, 0) is 25.2 Å². The Labute approximate surface area is 99.1 Å². The SMILES string of the molecule is CCCCCCC[C@@H]1CC[C@]1(O)C#CCO. The monoisotopic (exact) mass is 224 g/mol. The first kappa shape index (κ1) is 13.5. The van der Waals surface area contributed by atoms with Gasteiger partial charge in [0.15, 0.2) is 0 Å². The number of hydrogen-bond acceptors (Lipinski definition) is 2. The van der Waals surface area contributed by atoms with Crippen molar-refractivity contribution in [2.75, 3.05) is 6.61 Å². The zero-order valence-corrected chi connectivity index (χ0v) is 10.3. The largest absolute Gasteiger partial charge is 0.384 e. The molecular formula is C14H24O2. The lowest BCUT2D eigenvalue weighted by Crippen LogP contribution is -2.45. The predicted octanol–water partition coefficient (Wildman–Crippen LogP) is 2.48. The van der Waals surface area contributed by atoms with Crippen molar-refractivity contribution in [2.24, 2.45) is 5.92 Å². The van der Waals surface area contributed by atoms with Crippen molar-refractivity contribution < 1.29 is 10.2 Å². The van der Waals surface area contributed by atoms with Gasteiger partial charge in [-0.2, -0.15) is 0 Å². The molecule has 0 amide bonds. The van der Waals surface area contributed by atoms with E-state index in [0.29, 0.717) is 5.92 Å². The molecule has 0 aromatic heterocycles. The number of unbranched alkanes of at least 4 members (excludes halogenated alkanes) is 4. The average molecular weight is 224 g/mol. The lowest BCUT2D eigenvalue weighted by atomic mass is 9.67. The molecule has 0 aromatic carbocycles. The van der Waals surface area contributed by atoms with Crippen LogP contribution in [0.25, 0.3) is 0 Å². The van der Waals surface area contributed by atoms with Crippen molar-refractivity contribution in [1.29, 1.82) is 0 Å². The summed E-state index contributed by atoms with van der Waals surface area (Å²) in [4.78, 5) is 0. The Hall–Kier alpha value is -0.520. The molecular weight excluding hydrogens is 200 g/mol. The summed E-state index contributed by atoms with van der Waals surface area (Å²) in [7, 11) is 0. The second-order valence-electron chi connectivity index (χ2n) is 4.82. The first-order valence-electron chi connectivity index (χ1n) is 6.56. The van der Waals surface area contributed by atoms with E-state index in [1.165, 1.54) is 32.1 Å². The first-order valence-corrected chi connectivity index (χ1v) is 6.56. The van der Waals surface area contributed by atoms with Crippen LogP contribution in [-0.4, -0.2) is 22.4 Å². The number of aliphatic hydroxyl groups is 2. The van der Waals surface area contributed by atoms with Gasteiger partial charge < -0.3 is 10.2 Å². The van der Waals surface area contributed by atoms with Crippen LogP contribution >= 0.6 is 0 Å². The van der Waals surface area contributed by atoms with Gasteiger partial charge >= 0.3 is 0 Å². The fourth-order valence-corrected chi connectivity index (χ4v) is 2.36. The maximum Gasteiger partial charge on any atom is 0.128 e. The van der Waals surface area contributed by atoms with Crippen molar-refractivity contribution in [3.8, 4) is 11.8 Å². The van der Waals surface area contributed by atoms with Crippen molar-refractivity contribution >= 4 is 0 Å². The fraction of sp³-hybridized carbons (Fsp3) is 0.857. The van der Waals surface area contributed by atoms with Gasteiger partial charge in [-0.25, -0.2) is 0 Å². The van der Waals surface area contributed by atoms with E-state index in [0.717, 1.165) is 19.3 Å². The van der Waals surface area contributed by atoms with E-state index in [1.54, 1.807) is 0 Å². The van der Waals surface area contributed by atoms with Gasteiger partial charge in [-0.1, -0.05) is 50.9 Å². The molecule has 0 saturated heterocycles. The quantitative estimate of drug-likeness (QED) is 0.537. The average Bonchev–Trinajstić information content (AvgIpc) is 2.29. The molecule has 92 valence electrons. The normalized spacial score (nSPS) is 28.1. The molecule has 2 heteroatoms. The Morgan fingerprint density at radius 3 is 2.56 bits per heavy atom. The molecule has 2 atom stereocenters. The van der Waals surface area contributed by atoms with E-state index in [1.807, 2.05) is 0 Å². The third-order valence-corrected chi connectivity index (χ3v) is 3.59. The van der Waals surface area contributed by atoms with Crippen LogP contribution in [0.2, 0.25) is 0 Å². The van der Waals surface area contributed by atoms with Crippen molar-refractivity contribution in [2.45, 2.75) is 63.9 Å². The molecule has 1 aliphatic carbocycles. The lowest BCUT2D eigenvalue weighted by Gasteiger charge is -2.41. The van der Waals surface area contributed by atoms with Crippen LogP contribution in [0.5, 0.6) is 0 Å². The molecule has 0 aliphatic heterocycles. The molecule has 1 rings (SSSR count). The van der Waals surface area contributed by atoms with E-state index in [9.17, 15) is 5.11 Å². The Bertz CT molecular complexity index is 251. The highest BCUT2D eigenvalue weighted by Gasteiger charge is 2.43. The Morgan fingerprint density at radius 2 is 2.00 bits per heavy atom. The van der Waals surface area contributed by atoms with Crippen LogP contribution in [-0.2, 0) is 0 Å². The van der Waals surface area contributed by atoms with Crippen molar-refractivity contribution in [1.82, 2.24) is 0 Å². The molecule has 0 radical (unpaired) electrons. The van der Waals surface area contributed by atoms with Gasteiger partial charge in [0.05, 0.1) is 0 Å². The van der Waals surface area contributed by atoms with Gasteiger partial charge in [-0.3, -0.25) is 0 Å². The smallest absolute Gasteiger partial charge is 0.128 e. The fourth-order valence-electron chi connectivity index (χ4n) is 2.36. The Kier molecular flexibility index (Phi) is 5.87.